The van der Waals surface area contributed by atoms with Gasteiger partial charge in [0.15, 0.2) is 0 Å². The summed E-state index contributed by atoms with van der Waals surface area (Å²) in [6.45, 7) is 1.96. The number of benzene rings is 2. The lowest BCUT2D eigenvalue weighted by atomic mass is 9.99. The molecule has 3 aliphatic rings. The SMILES string of the molecule is CC([C]1[CH][CH][CH][C]1P(c1cc(C(F)(F)F)cc(C(F)(F)F)c1)c1cc(C(F)(F)F)cc(C(F)(F)F)c1)P(C1CCCCC1)C1CCCCC1. The number of alkyl halides is 12. The quantitative estimate of drug-likeness (QED) is 0.196. The van der Waals surface area contributed by atoms with Gasteiger partial charge in [-0.3, -0.25) is 0 Å². The molecule has 14 heteroatoms. The maximum atomic E-state index is 14.1. The molecule has 5 rings (SSSR count). The Bertz CT molecular complexity index is 1260. The molecule has 5 radical (unpaired) electrons. The molecule has 1 atom stereocenters. The Hall–Kier alpha value is -1.54. The Balaban J connectivity index is 1.71. The van der Waals surface area contributed by atoms with E-state index in [1.54, 1.807) is 12.8 Å². The van der Waals surface area contributed by atoms with E-state index in [2.05, 4.69) is 0 Å². The van der Waals surface area contributed by atoms with Gasteiger partial charge in [-0.2, -0.15) is 52.7 Å². The highest BCUT2D eigenvalue weighted by molar-refractivity contribution is 7.76. The molecule has 0 nitrogen and oxygen atoms in total. The Morgan fingerprint density at radius 1 is 0.510 bits per heavy atom. The summed E-state index contributed by atoms with van der Waals surface area (Å²) in [6, 6.07) is 1.54. The summed E-state index contributed by atoms with van der Waals surface area (Å²) >= 11 is 0. The molecule has 2 aromatic rings. The standard InChI is InChI=1S/C35H35F12P2/c1-21(48(26-9-4-2-5-10-26)27-11-6-3-7-12-27)30-13-8-14-31(30)49(28-17-22(32(36,37)38)15-23(18-28)33(39,40)41)29-19-24(34(42,43)44)16-25(20-29)35(45,46)47/h8,13-21,26-27H,2-7,9-12H2,1H3. The molecule has 269 valence electrons. The molecular formula is C35H35F12P2. The second kappa shape index (κ2) is 14.8. The third-order valence-electron chi connectivity index (χ3n) is 9.62. The lowest BCUT2D eigenvalue weighted by Gasteiger charge is -2.45. The van der Waals surface area contributed by atoms with E-state index >= 15 is 0 Å². The van der Waals surface area contributed by atoms with E-state index in [4.69, 9.17) is 0 Å². The molecule has 0 N–H and O–H groups in total. The van der Waals surface area contributed by atoms with Crippen LogP contribution in [0.1, 0.15) is 93.4 Å². The maximum absolute atomic E-state index is 14.1. The van der Waals surface area contributed by atoms with Crippen molar-refractivity contribution in [3.8, 4) is 0 Å². The molecule has 0 aliphatic heterocycles. The van der Waals surface area contributed by atoms with E-state index in [0.29, 0.717) is 41.5 Å². The van der Waals surface area contributed by atoms with E-state index in [-0.39, 0.29) is 23.5 Å². The van der Waals surface area contributed by atoms with Gasteiger partial charge in [0.2, 0.25) is 0 Å². The monoisotopic (exact) mass is 745 g/mol. The van der Waals surface area contributed by atoms with E-state index in [1.807, 2.05) is 6.92 Å². The van der Waals surface area contributed by atoms with Crippen molar-refractivity contribution in [3.63, 3.8) is 0 Å². The van der Waals surface area contributed by atoms with Crippen LogP contribution in [0, 0.1) is 30.8 Å². The van der Waals surface area contributed by atoms with E-state index in [1.165, 1.54) is 6.42 Å². The number of hydrogen-bond donors (Lipinski definition) is 0. The zero-order chi connectivity index (χ0) is 35.9. The summed E-state index contributed by atoms with van der Waals surface area (Å²) in [5.41, 5.74) is -6.14. The summed E-state index contributed by atoms with van der Waals surface area (Å²) in [7, 11) is -3.56. The average molecular weight is 746 g/mol. The van der Waals surface area contributed by atoms with Crippen molar-refractivity contribution in [2.24, 2.45) is 0 Å². The van der Waals surface area contributed by atoms with E-state index in [0.717, 1.165) is 64.2 Å². The van der Waals surface area contributed by atoms with Crippen LogP contribution < -0.4 is 10.6 Å². The molecule has 49 heavy (non-hydrogen) atoms. The van der Waals surface area contributed by atoms with Gasteiger partial charge in [-0.25, -0.2) is 0 Å². The van der Waals surface area contributed by atoms with Gasteiger partial charge in [0.05, 0.1) is 22.3 Å². The third kappa shape index (κ3) is 9.10. The normalized spacial score (nSPS) is 20.9. The first-order chi connectivity index (χ1) is 22.7. The first-order valence-corrected chi connectivity index (χ1v) is 19.1. The van der Waals surface area contributed by atoms with Crippen LogP contribution in [0.5, 0.6) is 0 Å². The first kappa shape index (κ1) is 38.7. The Morgan fingerprint density at radius 2 is 0.857 bits per heavy atom. The van der Waals surface area contributed by atoms with Crippen molar-refractivity contribution in [1.82, 2.24) is 0 Å². The molecule has 0 saturated heterocycles. The molecule has 0 heterocycles. The van der Waals surface area contributed by atoms with Gasteiger partial charge in [0.1, 0.15) is 0 Å². The zero-order valence-electron chi connectivity index (χ0n) is 26.4. The van der Waals surface area contributed by atoms with Gasteiger partial charge >= 0.3 is 24.7 Å². The van der Waals surface area contributed by atoms with Gasteiger partial charge in [-0.1, -0.05) is 53.4 Å². The fourth-order valence-electron chi connectivity index (χ4n) is 7.39. The molecule has 3 fully saturated rings. The van der Waals surface area contributed by atoms with Crippen LogP contribution in [0.2, 0.25) is 0 Å². The molecule has 1 unspecified atom stereocenters. The fraction of sp³-hybridized carbons (Fsp3) is 0.514. The minimum absolute atomic E-state index is 0.0930. The highest BCUT2D eigenvalue weighted by Crippen LogP contribution is 2.67. The molecular weight excluding hydrogens is 710 g/mol. The molecule has 3 saturated carbocycles. The second-order valence-corrected chi connectivity index (χ2v) is 18.3. The first-order valence-electron chi connectivity index (χ1n) is 16.2. The van der Waals surface area contributed by atoms with Crippen LogP contribution in [0.25, 0.3) is 0 Å². The van der Waals surface area contributed by atoms with Crippen molar-refractivity contribution < 1.29 is 52.7 Å². The van der Waals surface area contributed by atoms with Crippen molar-refractivity contribution in [1.29, 1.82) is 0 Å². The summed E-state index contributed by atoms with van der Waals surface area (Å²) in [4.78, 5) is 0. The maximum Gasteiger partial charge on any atom is 0.416 e. The summed E-state index contributed by atoms with van der Waals surface area (Å²) in [5, 5.41) is -1.27. The molecule has 3 aliphatic carbocycles. The summed E-state index contributed by atoms with van der Waals surface area (Å²) in [6.07, 6.45) is -6.27. The van der Waals surface area contributed by atoms with Gasteiger partial charge in [0, 0.05) is 5.66 Å². The smallest absolute Gasteiger partial charge is 0.166 e. The minimum atomic E-state index is -5.28. The Kier molecular flexibility index (Phi) is 11.7. The van der Waals surface area contributed by atoms with Crippen LogP contribution in [-0.4, -0.2) is 17.0 Å². The third-order valence-corrected chi connectivity index (χ3v) is 15.9. The largest absolute Gasteiger partial charge is 0.416 e. The number of halogens is 12. The van der Waals surface area contributed by atoms with Crippen LogP contribution >= 0.6 is 15.8 Å². The highest BCUT2D eigenvalue weighted by Gasteiger charge is 2.48. The zero-order valence-corrected chi connectivity index (χ0v) is 28.2. The van der Waals surface area contributed by atoms with Gasteiger partial charge in [-0.05, 0) is 123 Å². The van der Waals surface area contributed by atoms with Crippen LogP contribution in [0.4, 0.5) is 52.7 Å². The molecule has 0 amide bonds. The average Bonchev–Trinajstić information content (AvgIpc) is 3.50. The predicted molar refractivity (Wildman–Crippen MR) is 169 cm³/mol. The van der Waals surface area contributed by atoms with Crippen molar-refractivity contribution >= 4 is 26.5 Å². The van der Waals surface area contributed by atoms with Gasteiger partial charge in [0.25, 0.3) is 0 Å². The van der Waals surface area contributed by atoms with E-state index < -0.39 is 73.4 Å². The minimum Gasteiger partial charge on any atom is -0.166 e. The predicted octanol–water partition coefficient (Wildman–Crippen LogP) is 12.5. The molecule has 0 spiro atoms. The molecule has 0 bridgehead atoms. The summed E-state index contributed by atoms with van der Waals surface area (Å²) < 4.78 is 169. The topological polar surface area (TPSA) is 0 Å². The number of hydrogen-bond acceptors (Lipinski definition) is 0. The highest BCUT2D eigenvalue weighted by atomic mass is 31.1. The summed E-state index contributed by atoms with van der Waals surface area (Å²) in [5.74, 6) is 0.560. The van der Waals surface area contributed by atoms with Crippen LogP contribution in [0.3, 0.4) is 0 Å². The van der Waals surface area contributed by atoms with Crippen molar-refractivity contribution in [2.75, 3.05) is 0 Å². The number of rotatable bonds is 7. The van der Waals surface area contributed by atoms with Crippen molar-refractivity contribution in [2.45, 2.75) is 113 Å². The molecule has 2 aromatic carbocycles. The Morgan fingerprint density at radius 3 is 1.18 bits per heavy atom. The fourth-order valence-corrected chi connectivity index (χ4v) is 14.5. The Labute approximate surface area is 281 Å². The lowest BCUT2D eigenvalue weighted by molar-refractivity contribution is -0.144. The van der Waals surface area contributed by atoms with Crippen LogP contribution in [-0.2, 0) is 24.7 Å². The molecule has 0 aromatic heterocycles. The van der Waals surface area contributed by atoms with E-state index in [9.17, 15) is 52.7 Å². The van der Waals surface area contributed by atoms with Crippen molar-refractivity contribution in [3.05, 3.63) is 89.5 Å². The van der Waals surface area contributed by atoms with Gasteiger partial charge < -0.3 is 0 Å². The second-order valence-electron chi connectivity index (χ2n) is 12.9. The van der Waals surface area contributed by atoms with Gasteiger partial charge in [-0.15, -0.1) is 0 Å². The lowest BCUT2D eigenvalue weighted by Crippen LogP contribution is -2.31. The van der Waals surface area contributed by atoms with Crippen LogP contribution in [0.15, 0.2) is 36.4 Å².